The second kappa shape index (κ2) is 5.41. The first-order valence-electron chi connectivity index (χ1n) is 4.70. The van der Waals surface area contributed by atoms with Gasteiger partial charge >= 0.3 is 0 Å². The molecule has 1 heteroatoms. The Morgan fingerprint density at radius 3 is 2.77 bits per heavy atom. The summed E-state index contributed by atoms with van der Waals surface area (Å²) in [6.07, 6.45) is 5.02. The van der Waals surface area contributed by atoms with Crippen LogP contribution in [0.3, 0.4) is 0 Å². The van der Waals surface area contributed by atoms with Gasteiger partial charge < -0.3 is 4.74 Å². The zero-order valence-electron chi connectivity index (χ0n) is 8.29. The minimum atomic E-state index is 0.660. The van der Waals surface area contributed by atoms with E-state index < -0.39 is 0 Å². The van der Waals surface area contributed by atoms with E-state index in [9.17, 15) is 0 Å². The highest BCUT2D eigenvalue weighted by Gasteiger charge is 1.97. The van der Waals surface area contributed by atoms with Crippen molar-refractivity contribution in [3.63, 3.8) is 0 Å². The lowest BCUT2D eigenvalue weighted by molar-refractivity contribution is 0.359. The smallest absolute Gasteiger partial charge is 0.122 e. The van der Waals surface area contributed by atoms with E-state index in [2.05, 4.69) is 13.0 Å². The van der Waals surface area contributed by atoms with Gasteiger partial charge in [-0.2, -0.15) is 0 Å². The van der Waals surface area contributed by atoms with Crippen LogP contribution in [0.4, 0.5) is 0 Å². The van der Waals surface area contributed by atoms with E-state index in [1.54, 1.807) is 0 Å². The average molecular weight is 176 g/mol. The summed E-state index contributed by atoms with van der Waals surface area (Å²) >= 11 is 0. The Kier molecular flexibility index (Phi) is 4.10. The predicted octanol–water partition coefficient (Wildman–Crippen LogP) is 3.20. The molecule has 0 saturated heterocycles. The van der Waals surface area contributed by atoms with Crippen LogP contribution in [0.1, 0.15) is 19.4 Å². The van der Waals surface area contributed by atoms with Crippen molar-refractivity contribution in [3.8, 4) is 5.75 Å². The van der Waals surface area contributed by atoms with Gasteiger partial charge in [0, 0.05) is 0 Å². The Balaban J connectivity index is 2.64. The van der Waals surface area contributed by atoms with Crippen LogP contribution in [-0.2, 0) is 6.42 Å². The van der Waals surface area contributed by atoms with Crippen LogP contribution in [0, 0.1) is 0 Å². The van der Waals surface area contributed by atoms with Gasteiger partial charge in [0.2, 0.25) is 0 Å². The van der Waals surface area contributed by atoms with Crippen molar-refractivity contribution in [3.05, 3.63) is 42.0 Å². The van der Waals surface area contributed by atoms with Crippen LogP contribution < -0.4 is 4.74 Å². The van der Waals surface area contributed by atoms with E-state index in [0.717, 1.165) is 12.2 Å². The first kappa shape index (κ1) is 9.85. The molecular formula is C12H16O. The van der Waals surface area contributed by atoms with Gasteiger partial charge in [-0.15, -0.1) is 0 Å². The highest BCUT2D eigenvalue weighted by molar-refractivity contribution is 5.33. The lowest BCUT2D eigenvalue weighted by atomic mass is 10.1. The monoisotopic (exact) mass is 176 g/mol. The van der Waals surface area contributed by atoms with E-state index >= 15 is 0 Å². The van der Waals surface area contributed by atoms with Crippen molar-refractivity contribution < 1.29 is 4.74 Å². The number of benzene rings is 1. The summed E-state index contributed by atoms with van der Waals surface area (Å²) < 4.78 is 5.58. The Bertz CT molecular complexity index is 276. The Morgan fingerprint density at radius 1 is 1.31 bits per heavy atom. The van der Waals surface area contributed by atoms with Gasteiger partial charge in [0.25, 0.3) is 0 Å². The molecule has 1 nitrogen and oxygen atoms in total. The molecular weight excluding hydrogens is 160 g/mol. The van der Waals surface area contributed by atoms with Crippen molar-refractivity contribution in [2.45, 2.75) is 20.3 Å². The summed E-state index contributed by atoms with van der Waals surface area (Å²) in [5, 5.41) is 0. The molecule has 0 unspecified atom stereocenters. The molecule has 0 aliphatic carbocycles. The maximum absolute atomic E-state index is 5.58. The summed E-state index contributed by atoms with van der Waals surface area (Å²) in [6.45, 7) is 4.79. The molecule has 0 fully saturated rings. The van der Waals surface area contributed by atoms with E-state index in [1.807, 2.05) is 37.3 Å². The number of allylic oxidation sites excluding steroid dienone is 1. The van der Waals surface area contributed by atoms with Gasteiger partial charge in [0.05, 0.1) is 0 Å². The van der Waals surface area contributed by atoms with Gasteiger partial charge in [-0.05, 0) is 25.0 Å². The second-order valence-electron chi connectivity index (χ2n) is 2.84. The quantitative estimate of drug-likeness (QED) is 0.640. The minimum Gasteiger partial charge on any atom is -0.489 e. The van der Waals surface area contributed by atoms with Gasteiger partial charge in [-0.3, -0.25) is 0 Å². The molecule has 0 aliphatic rings. The number of hydrogen-bond acceptors (Lipinski definition) is 1. The highest BCUT2D eigenvalue weighted by Crippen LogP contribution is 2.17. The molecule has 0 saturated carbocycles. The SMILES string of the molecule is CC=CCOc1ccccc1CC. The number of aryl methyl sites for hydroxylation is 1. The van der Waals surface area contributed by atoms with Crippen LogP contribution in [0.25, 0.3) is 0 Å². The Morgan fingerprint density at radius 2 is 2.08 bits per heavy atom. The van der Waals surface area contributed by atoms with Gasteiger partial charge in [-0.1, -0.05) is 37.3 Å². The topological polar surface area (TPSA) is 9.23 Å². The standard InChI is InChI=1S/C12H16O/c1-3-5-10-13-12-9-7-6-8-11(12)4-2/h3,5-9H,4,10H2,1-2H3. The average Bonchev–Trinajstić information content (AvgIpc) is 2.19. The van der Waals surface area contributed by atoms with Crippen LogP contribution >= 0.6 is 0 Å². The fourth-order valence-corrected chi connectivity index (χ4v) is 1.17. The Hall–Kier alpha value is -1.24. The molecule has 1 aromatic carbocycles. The van der Waals surface area contributed by atoms with Crippen LogP contribution in [0.2, 0.25) is 0 Å². The van der Waals surface area contributed by atoms with Gasteiger partial charge in [0.1, 0.15) is 12.4 Å². The lowest BCUT2D eigenvalue weighted by Crippen LogP contribution is -1.96. The molecule has 13 heavy (non-hydrogen) atoms. The Labute approximate surface area is 80.0 Å². The minimum absolute atomic E-state index is 0.660. The number of rotatable bonds is 4. The zero-order chi connectivity index (χ0) is 9.52. The van der Waals surface area contributed by atoms with Crippen LogP contribution in [0.5, 0.6) is 5.75 Å². The van der Waals surface area contributed by atoms with Gasteiger partial charge in [0.15, 0.2) is 0 Å². The van der Waals surface area contributed by atoms with Crippen molar-refractivity contribution in [2.75, 3.05) is 6.61 Å². The van der Waals surface area contributed by atoms with E-state index in [4.69, 9.17) is 4.74 Å². The lowest BCUT2D eigenvalue weighted by Gasteiger charge is -2.07. The first-order chi connectivity index (χ1) is 6.38. The highest BCUT2D eigenvalue weighted by atomic mass is 16.5. The molecule has 0 heterocycles. The van der Waals surface area contributed by atoms with Crippen molar-refractivity contribution >= 4 is 0 Å². The number of ether oxygens (including phenoxy) is 1. The zero-order valence-corrected chi connectivity index (χ0v) is 8.29. The molecule has 70 valence electrons. The third-order valence-electron chi connectivity index (χ3n) is 1.92. The molecule has 1 rings (SSSR count). The molecule has 0 amide bonds. The maximum atomic E-state index is 5.58. The van der Waals surface area contributed by atoms with Crippen LogP contribution in [-0.4, -0.2) is 6.61 Å². The summed E-state index contributed by atoms with van der Waals surface area (Å²) in [5.74, 6) is 1.00. The fourth-order valence-electron chi connectivity index (χ4n) is 1.17. The maximum Gasteiger partial charge on any atom is 0.122 e. The van der Waals surface area contributed by atoms with E-state index in [1.165, 1.54) is 5.56 Å². The fraction of sp³-hybridized carbons (Fsp3) is 0.333. The molecule has 0 radical (unpaired) electrons. The third-order valence-corrected chi connectivity index (χ3v) is 1.92. The van der Waals surface area contributed by atoms with Crippen molar-refractivity contribution in [2.24, 2.45) is 0 Å². The summed E-state index contributed by atoms with van der Waals surface area (Å²) in [6, 6.07) is 8.17. The third kappa shape index (κ3) is 2.94. The van der Waals surface area contributed by atoms with Crippen molar-refractivity contribution in [1.82, 2.24) is 0 Å². The van der Waals surface area contributed by atoms with E-state index in [-0.39, 0.29) is 0 Å². The normalized spacial score (nSPS) is 10.6. The van der Waals surface area contributed by atoms with Gasteiger partial charge in [-0.25, -0.2) is 0 Å². The number of para-hydroxylation sites is 1. The molecule has 0 bridgehead atoms. The number of hydrogen-bond donors (Lipinski definition) is 0. The second-order valence-corrected chi connectivity index (χ2v) is 2.84. The largest absolute Gasteiger partial charge is 0.489 e. The van der Waals surface area contributed by atoms with Crippen molar-refractivity contribution in [1.29, 1.82) is 0 Å². The predicted molar refractivity (Wildman–Crippen MR) is 56.1 cm³/mol. The summed E-state index contributed by atoms with van der Waals surface area (Å²) in [7, 11) is 0. The summed E-state index contributed by atoms with van der Waals surface area (Å²) in [4.78, 5) is 0. The first-order valence-corrected chi connectivity index (χ1v) is 4.70. The molecule has 0 aromatic heterocycles. The van der Waals surface area contributed by atoms with Crippen LogP contribution in [0.15, 0.2) is 36.4 Å². The molecule has 0 spiro atoms. The molecule has 0 aliphatic heterocycles. The molecule has 0 N–H and O–H groups in total. The summed E-state index contributed by atoms with van der Waals surface area (Å²) in [5.41, 5.74) is 1.27. The molecule has 1 aromatic rings. The molecule has 0 atom stereocenters. The van der Waals surface area contributed by atoms with E-state index in [0.29, 0.717) is 6.61 Å².